The van der Waals surface area contributed by atoms with Crippen molar-refractivity contribution in [2.75, 3.05) is 18.0 Å². The molecule has 0 aliphatic carbocycles. The predicted octanol–water partition coefficient (Wildman–Crippen LogP) is 3.69. The first-order valence-corrected chi connectivity index (χ1v) is 8.12. The van der Waals surface area contributed by atoms with E-state index in [0.717, 1.165) is 30.3 Å². The third kappa shape index (κ3) is 2.26. The molecule has 2 aromatic rings. The van der Waals surface area contributed by atoms with Crippen LogP contribution in [-0.4, -0.2) is 27.9 Å². The first-order valence-electron chi connectivity index (χ1n) is 6.33. The smallest absolute Gasteiger partial charge is 0.150 e. The van der Waals surface area contributed by atoms with E-state index in [-0.39, 0.29) is 0 Å². The van der Waals surface area contributed by atoms with Gasteiger partial charge in [-0.15, -0.1) is 11.3 Å². The number of anilines is 1. The first-order chi connectivity index (χ1) is 8.75. The number of nitrogens with zero attached hydrogens (tertiary/aromatic N) is 3. The molecule has 3 nitrogen and oxygen atoms in total. The lowest BCUT2D eigenvalue weighted by Crippen LogP contribution is -2.36. The van der Waals surface area contributed by atoms with Gasteiger partial charge in [0, 0.05) is 17.9 Å². The van der Waals surface area contributed by atoms with Crippen LogP contribution in [0.2, 0.25) is 0 Å². The summed E-state index contributed by atoms with van der Waals surface area (Å²) in [5, 5.41) is 2.09. The highest BCUT2D eigenvalue weighted by atomic mass is 79.9. The second kappa shape index (κ2) is 5.13. The lowest BCUT2D eigenvalue weighted by atomic mass is 9.94. The first kappa shape index (κ1) is 12.4. The van der Waals surface area contributed by atoms with Gasteiger partial charge in [0.2, 0.25) is 0 Å². The minimum absolute atomic E-state index is 0.617. The lowest BCUT2D eigenvalue weighted by molar-refractivity contribution is 0.406. The van der Waals surface area contributed by atoms with E-state index in [4.69, 9.17) is 0 Å². The molecular formula is C13H16BrN3S. The van der Waals surface area contributed by atoms with Crippen LogP contribution in [0, 0.1) is 5.92 Å². The van der Waals surface area contributed by atoms with Gasteiger partial charge in [-0.3, -0.25) is 0 Å². The second-order valence-electron chi connectivity index (χ2n) is 4.83. The third-order valence-corrected chi connectivity index (χ3v) is 5.36. The number of hydrogen-bond acceptors (Lipinski definition) is 4. The van der Waals surface area contributed by atoms with Crippen molar-refractivity contribution in [2.45, 2.75) is 24.6 Å². The Morgan fingerprint density at radius 3 is 2.89 bits per heavy atom. The Labute approximate surface area is 119 Å². The van der Waals surface area contributed by atoms with Crippen molar-refractivity contribution < 1.29 is 0 Å². The number of hydrogen-bond donors (Lipinski definition) is 0. The molecule has 0 aromatic carbocycles. The van der Waals surface area contributed by atoms with E-state index in [0.29, 0.717) is 4.83 Å². The Balaban J connectivity index is 1.82. The zero-order chi connectivity index (χ0) is 12.5. The Morgan fingerprint density at radius 1 is 1.39 bits per heavy atom. The van der Waals surface area contributed by atoms with E-state index >= 15 is 0 Å². The molecule has 2 aromatic heterocycles. The summed E-state index contributed by atoms with van der Waals surface area (Å²) in [6.07, 6.45) is 4.16. The Bertz CT molecular complexity index is 532. The van der Waals surface area contributed by atoms with E-state index < -0.39 is 0 Å². The summed E-state index contributed by atoms with van der Waals surface area (Å²) in [7, 11) is 0. The molecule has 1 fully saturated rings. The van der Waals surface area contributed by atoms with Crippen LogP contribution in [0.25, 0.3) is 10.2 Å². The summed E-state index contributed by atoms with van der Waals surface area (Å²) in [6.45, 7) is 4.46. The van der Waals surface area contributed by atoms with Crippen molar-refractivity contribution in [3.05, 3.63) is 17.8 Å². The summed E-state index contributed by atoms with van der Waals surface area (Å²) in [5.41, 5.74) is 1.07. The van der Waals surface area contributed by atoms with E-state index in [1.54, 1.807) is 17.7 Å². The van der Waals surface area contributed by atoms with Gasteiger partial charge in [-0.25, -0.2) is 9.97 Å². The molecule has 0 saturated carbocycles. The maximum absolute atomic E-state index is 4.49. The Kier molecular flexibility index (Phi) is 3.52. The highest BCUT2D eigenvalue weighted by molar-refractivity contribution is 9.09. The van der Waals surface area contributed by atoms with Gasteiger partial charge >= 0.3 is 0 Å². The van der Waals surface area contributed by atoms with E-state index in [1.165, 1.54) is 17.5 Å². The fourth-order valence-electron chi connectivity index (χ4n) is 2.57. The van der Waals surface area contributed by atoms with Crippen molar-refractivity contribution >= 4 is 43.3 Å². The molecule has 0 N–H and O–H groups in total. The minimum Gasteiger partial charge on any atom is -0.355 e. The summed E-state index contributed by atoms with van der Waals surface area (Å²) in [4.78, 5) is 11.8. The molecule has 1 saturated heterocycles. The quantitative estimate of drug-likeness (QED) is 0.788. The lowest BCUT2D eigenvalue weighted by Gasteiger charge is -2.34. The standard InChI is InChI=1S/C13H16BrN3S/c1-9(14)10-2-5-17(6-3-10)13-12-11(4-7-18-12)15-8-16-13/h4,7-10H,2-3,5-6H2,1H3. The molecular weight excluding hydrogens is 310 g/mol. The summed E-state index contributed by atoms with van der Waals surface area (Å²) >= 11 is 5.44. The average molecular weight is 326 g/mol. The number of rotatable bonds is 2. The van der Waals surface area contributed by atoms with Crippen LogP contribution in [0.5, 0.6) is 0 Å². The summed E-state index contributed by atoms with van der Waals surface area (Å²) in [6, 6.07) is 2.07. The molecule has 1 atom stereocenters. The van der Waals surface area contributed by atoms with Gasteiger partial charge in [-0.05, 0) is 30.2 Å². The van der Waals surface area contributed by atoms with Gasteiger partial charge in [0.05, 0.1) is 10.2 Å². The number of aromatic nitrogens is 2. The highest BCUT2D eigenvalue weighted by Crippen LogP contribution is 2.32. The maximum Gasteiger partial charge on any atom is 0.150 e. The number of piperidine rings is 1. The Morgan fingerprint density at radius 2 is 2.17 bits per heavy atom. The fourth-order valence-corrected chi connectivity index (χ4v) is 3.96. The number of fused-ring (bicyclic) bond motifs is 1. The molecule has 5 heteroatoms. The number of thiophene rings is 1. The largest absolute Gasteiger partial charge is 0.355 e. The van der Waals surface area contributed by atoms with Crippen LogP contribution < -0.4 is 4.90 Å². The highest BCUT2D eigenvalue weighted by Gasteiger charge is 2.24. The molecule has 1 aliphatic heterocycles. The van der Waals surface area contributed by atoms with Crippen LogP contribution in [0.1, 0.15) is 19.8 Å². The topological polar surface area (TPSA) is 29.0 Å². The van der Waals surface area contributed by atoms with Crippen molar-refractivity contribution in [3.8, 4) is 0 Å². The SMILES string of the molecule is CC(Br)C1CCN(c2ncnc3ccsc23)CC1. The van der Waals surface area contributed by atoms with Crippen LogP contribution >= 0.6 is 27.3 Å². The van der Waals surface area contributed by atoms with Gasteiger partial charge in [0.15, 0.2) is 0 Å². The minimum atomic E-state index is 0.617. The molecule has 1 aliphatic rings. The van der Waals surface area contributed by atoms with Crippen molar-refractivity contribution in [2.24, 2.45) is 5.92 Å². The van der Waals surface area contributed by atoms with E-state index in [2.05, 4.69) is 49.2 Å². The molecule has 0 spiro atoms. The van der Waals surface area contributed by atoms with Crippen LogP contribution in [0.3, 0.4) is 0 Å². The van der Waals surface area contributed by atoms with Crippen LogP contribution in [0.15, 0.2) is 17.8 Å². The van der Waals surface area contributed by atoms with Gasteiger partial charge in [0.1, 0.15) is 12.1 Å². The predicted molar refractivity (Wildman–Crippen MR) is 80.7 cm³/mol. The van der Waals surface area contributed by atoms with Gasteiger partial charge in [0.25, 0.3) is 0 Å². The molecule has 0 radical (unpaired) electrons. The van der Waals surface area contributed by atoms with E-state index in [1.807, 2.05) is 0 Å². The molecule has 3 rings (SSSR count). The molecule has 3 heterocycles. The maximum atomic E-state index is 4.49. The zero-order valence-electron chi connectivity index (χ0n) is 10.3. The van der Waals surface area contributed by atoms with Crippen LogP contribution in [-0.2, 0) is 0 Å². The van der Waals surface area contributed by atoms with Crippen molar-refractivity contribution in [1.29, 1.82) is 0 Å². The number of alkyl halides is 1. The third-order valence-electron chi connectivity index (χ3n) is 3.71. The van der Waals surface area contributed by atoms with Crippen molar-refractivity contribution in [1.82, 2.24) is 9.97 Å². The summed E-state index contributed by atoms with van der Waals surface area (Å²) < 4.78 is 1.22. The molecule has 96 valence electrons. The summed E-state index contributed by atoms with van der Waals surface area (Å²) in [5.74, 6) is 1.91. The Hall–Kier alpha value is -0.680. The average Bonchev–Trinajstić information content (AvgIpc) is 2.87. The normalized spacial score (nSPS) is 19.3. The molecule has 0 amide bonds. The fraction of sp³-hybridized carbons (Fsp3) is 0.538. The zero-order valence-corrected chi connectivity index (χ0v) is 12.7. The second-order valence-corrected chi connectivity index (χ2v) is 7.19. The van der Waals surface area contributed by atoms with Gasteiger partial charge in [-0.2, -0.15) is 0 Å². The van der Waals surface area contributed by atoms with E-state index in [9.17, 15) is 0 Å². The molecule has 0 bridgehead atoms. The number of halogens is 1. The monoisotopic (exact) mass is 325 g/mol. The van der Waals surface area contributed by atoms with Crippen LogP contribution in [0.4, 0.5) is 5.82 Å². The van der Waals surface area contributed by atoms with Gasteiger partial charge in [-0.1, -0.05) is 22.9 Å². The molecule has 1 unspecified atom stereocenters. The van der Waals surface area contributed by atoms with Gasteiger partial charge < -0.3 is 4.90 Å². The van der Waals surface area contributed by atoms with Crippen molar-refractivity contribution in [3.63, 3.8) is 0 Å². The molecule has 18 heavy (non-hydrogen) atoms.